The molecule has 0 heterocycles. The van der Waals surface area contributed by atoms with Crippen LogP contribution in [0.2, 0.25) is 0 Å². The molecular weight excluding hydrogens is 170 g/mol. The van der Waals surface area contributed by atoms with Gasteiger partial charge in [-0.15, -0.1) is 0 Å². The van der Waals surface area contributed by atoms with Crippen LogP contribution < -0.4 is 10.8 Å². The molecule has 1 aliphatic rings. The molecule has 5 heteroatoms. The maximum absolute atomic E-state index is 10.4. The number of rotatable bonds is 1. The van der Waals surface area contributed by atoms with E-state index in [1.807, 2.05) is 0 Å². The number of hydrogen-bond donors (Lipinski definition) is 1. The second-order valence-corrected chi connectivity index (χ2v) is 3.00. The predicted molar refractivity (Wildman–Crippen MR) is 44.4 cm³/mol. The summed E-state index contributed by atoms with van der Waals surface area (Å²) in [4.78, 5) is 10.4. The Hall–Kier alpha value is 0.156. The standard InChI is InChI=1S/C7H13NO2.Mg.H2O/c8-7(6(9)10)4-2-1-3-5-7;;/h1-5,8H2,(H,9,10);;1H2/q;+2;/p-1. The average molecular weight is 184 g/mol. The number of nitrogens with two attached hydrogens (primary N) is 1. The number of carbonyl (C=O) groups is 1. The van der Waals surface area contributed by atoms with E-state index in [1.165, 1.54) is 0 Å². The third-order valence-electron chi connectivity index (χ3n) is 2.15. The van der Waals surface area contributed by atoms with Crippen molar-refractivity contribution >= 4 is 29.0 Å². The summed E-state index contributed by atoms with van der Waals surface area (Å²) in [5, 5.41) is 10.4. The monoisotopic (exact) mass is 184 g/mol. The quantitative estimate of drug-likeness (QED) is 0.487. The Kier molecular flexibility index (Phi) is 7.02. The van der Waals surface area contributed by atoms with Gasteiger partial charge in [0.1, 0.15) is 0 Å². The van der Waals surface area contributed by atoms with E-state index in [0.717, 1.165) is 19.3 Å². The van der Waals surface area contributed by atoms with Crippen molar-refractivity contribution in [3.63, 3.8) is 0 Å². The molecule has 1 aliphatic carbocycles. The van der Waals surface area contributed by atoms with Gasteiger partial charge < -0.3 is 21.1 Å². The molecule has 0 amide bonds. The van der Waals surface area contributed by atoms with Gasteiger partial charge in [-0.2, -0.15) is 0 Å². The Bertz CT molecular complexity index is 146. The molecule has 0 aliphatic heterocycles. The van der Waals surface area contributed by atoms with Gasteiger partial charge in [0.15, 0.2) is 0 Å². The predicted octanol–water partition coefficient (Wildman–Crippen LogP) is -1.81. The van der Waals surface area contributed by atoms with Crippen LogP contribution in [-0.4, -0.2) is 40.0 Å². The van der Waals surface area contributed by atoms with Gasteiger partial charge in [0.2, 0.25) is 0 Å². The molecule has 4 N–H and O–H groups in total. The van der Waals surface area contributed by atoms with Crippen molar-refractivity contribution in [3.8, 4) is 0 Å². The first-order valence-corrected chi connectivity index (χ1v) is 3.65. The summed E-state index contributed by atoms with van der Waals surface area (Å²) >= 11 is 0. The summed E-state index contributed by atoms with van der Waals surface area (Å²) < 4.78 is 0. The molecule has 12 heavy (non-hydrogen) atoms. The summed E-state index contributed by atoms with van der Waals surface area (Å²) in [7, 11) is 0. The Morgan fingerprint density at radius 1 is 1.25 bits per heavy atom. The molecule has 0 aromatic rings. The van der Waals surface area contributed by atoms with Crippen LogP contribution in [-0.2, 0) is 4.79 Å². The van der Waals surface area contributed by atoms with Crippen LogP contribution in [0.15, 0.2) is 0 Å². The zero-order valence-corrected chi connectivity index (χ0v) is 8.55. The van der Waals surface area contributed by atoms with E-state index in [-0.39, 0.29) is 28.5 Å². The van der Waals surface area contributed by atoms with Gasteiger partial charge in [0, 0.05) is 0 Å². The fourth-order valence-corrected chi connectivity index (χ4v) is 1.39. The summed E-state index contributed by atoms with van der Waals surface area (Å²) in [5.41, 5.74) is 4.52. The van der Waals surface area contributed by atoms with Crippen LogP contribution in [0.1, 0.15) is 32.1 Å². The molecule has 0 bridgehead atoms. The number of carboxylic acid groups (broad SMARTS) is 1. The molecule has 1 rings (SSSR count). The third kappa shape index (κ3) is 3.26. The van der Waals surface area contributed by atoms with Crippen molar-refractivity contribution in [2.45, 2.75) is 37.6 Å². The van der Waals surface area contributed by atoms with E-state index in [1.54, 1.807) is 0 Å². The molecular formula is C7H14MgNO3+. The van der Waals surface area contributed by atoms with Crippen LogP contribution in [0.3, 0.4) is 0 Å². The molecule has 0 radical (unpaired) electrons. The molecule has 0 unspecified atom stereocenters. The molecule has 1 fully saturated rings. The molecule has 4 nitrogen and oxygen atoms in total. The topological polar surface area (TPSA) is 97.7 Å². The summed E-state index contributed by atoms with van der Waals surface area (Å²) in [6, 6.07) is 0. The van der Waals surface area contributed by atoms with Gasteiger partial charge >= 0.3 is 23.1 Å². The van der Waals surface area contributed by atoms with Crippen LogP contribution >= 0.6 is 0 Å². The summed E-state index contributed by atoms with van der Waals surface area (Å²) in [5.74, 6) is -1.09. The van der Waals surface area contributed by atoms with E-state index < -0.39 is 11.5 Å². The molecule has 0 saturated heterocycles. The zero-order chi connectivity index (χ0) is 7.61. The Morgan fingerprint density at radius 3 is 1.92 bits per heavy atom. The minimum absolute atomic E-state index is 0. The van der Waals surface area contributed by atoms with Gasteiger partial charge in [-0.1, -0.05) is 19.3 Å². The normalized spacial score (nSPS) is 20.1. The first-order chi connectivity index (χ1) is 4.65. The van der Waals surface area contributed by atoms with Crippen molar-refractivity contribution in [2.24, 2.45) is 5.73 Å². The first-order valence-electron chi connectivity index (χ1n) is 3.65. The maximum atomic E-state index is 10.4. The van der Waals surface area contributed by atoms with Crippen molar-refractivity contribution in [1.82, 2.24) is 0 Å². The molecule has 0 atom stereocenters. The smallest absolute Gasteiger partial charge is 0.548 e. The molecule has 0 spiro atoms. The number of carboxylic acids is 1. The summed E-state index contributed by atoms with van der Waals surface area (Å²) in [6.45, 7) is 0. The van der Waals surface area contributed by atoms with E-state index >= 15 is 0 Å². The molecule has 1 saturated carbocycles. The fourth-order valence-electron chi connectivity index (χ4n) is 1.39. The van der Waals surface area contributed by atoms with Crippen LogP contribution in [0.4, 0.5) is 0 Å². The second kappa shape index (κ2) is 5.74. The van der Waals surface area contributed by atoms with Crippen LogP contribution in [0.5, 0.6) is 0 Å². The fraction of sp³-hybridized carbons (Fsp3) is 0.857. The van der Waals surface area contributed by atoms with Crippen molar-refractivity contribution < 1.29 is 15.4 Å². The van der Waals surface area contributed by atoms with Gasteiger partial charge in [-0.05, 0) is 12.8 Å². The first kappa shape index (κ1) is 14.7. The average Bonchev–Trinajstić information content (AvgIpc) is 1.89. The Morgan fingerprint density at radius 2 is 1.67 bits per heavy atom. The Labute approximate surface area is 88.0 Å². The molecule has 66 valence electrons. The minimum Gasteiger partial charge on any atom is -0.548 e. The van der Waals surface area contributed by atoms with Crippen LogP contribution in [0.25, 0.3) is 0 Å². The third-order valence-corrected chi connectivity index (χ3v) is 2.15. The van der Waals surface area contributed by atoms with Gasteiger partial charge in [0.25, 0.3) is 0 Å². The maximum Gasteiger partial charge on any atom is 2.00 e. The molecule has 0 aromatic carbocycles. The van der Waals surface area contributed by atoms with E-state index in [2.05, 4.69) is 0 Å². The van der Waals surface area contributed by atoms with Crippen molar-refractivity contribution in [3.05, 3.63) is 0 Å². The van der Waals surface area contributed by atoms with Crippen molar-refractivity contribution in [1.29, 1.82) is 0 Å². The second-order valence-electron chi connectivity index (χ2n) is 3.00. The van der Waals surface area contributed by atoms with Gasteiger partial charge in [0.05, 0.1) is 11.5 Å². The van der Waals surface area contributed by atoms with E-state index in [0.29, 0.717) is 12.8 Å². The number of hydrogen-bond acceptors (Lipinski definition) is 3. The van der Waals surface area contributed by atoms with Crippen molar-refractivity contribution in [2.75, 3.05) is 0 Å². The van der Waals surface area contributed by atoms with Crippen LogP contribution in [0, 0.1) is 0 Å². The van der Waals surface area contributed by atoms with Gasteiger partial charge in [-0.3, -0.25) is 0 Å². The van der Waals surface area contributed by atoms with E-state index in [9.17, 15) is 9.90 Å². The summed E-state index contributed by atoms with van der Waals surface area (Å²) in [6.07, 6.45) is 4.10. The van der Waals surface area contributed by atoms with E-state index in [4.69, 9.17) is 5.73 Å². The minimum atomic E-state index is -1.09. The molecule has 0 aromatic heterocycles. The SMILES string of the molecule is NC1(C(=O)[O-])CCCCC1.O.[Mg+2]. The largest absolute Gasteiger partial charge is 2.00 e. The Balaban J connectivity index is 0. The number of carbonyl (C=O) groups excluding carboxylic acids is 1. The van der Waals surface area contributed by atoms with Gasteiger partial charge in [-0.25, -0.2) is 0 Å². The zero-order valence-electron chi connectivity index (χ0n) is 7.14. The number of aliphatic carboxylic acids is 1.